The summed E-state index contributed by atoms with van der Waals surface area (Å²) in [6.07, 6.45) is 2.83. The predicted octanol–water partition coefficient (Wildman–Crippen LogP) is 0.530. The molecule has 1 nitrogen and oxygen atoms in total. The maximum atomic E-state index is 3.27. The minimum absolute atomic E-state index is 0.884. The summed E-state index contributed by atoms with van der Waals surface area (Å²) in [4.78, 5) is 0. The summed E-state index contributed by atoms with van der Waals surface area (Å²) in [5.41, 5.74) is 0. The molecular formula is C5H8N. The van der Waals surface area contributed by atoms with Crippen LogP contribution in [0.1, 0.15) is 12.8 Å². The van der Waals surface area contributed by atoms with Gasteiger partial charge in [-0.2, -0.15) is 0 Å². The molecule has 33 valence electrons. The van der Waals surface area contributed by atoms with Crippen LogP contribution < -0.4 is 5.32 Å². The molecule has 6 heavy (non-hydrogen) atoms. The van der Waals surface area contributed by atoms with E-state index in [0.29, 0.717) is 0 Å². The highest BCUT2D eigenvalue weighted by Crippen LogP contribution is 2.35. The molecule has 0 aromatic heterocycles. The van der Waals surface area contributed by atoms with Gasteiger partial charge in [0.1, 0.15) is 0 Å². The van der Waals surface area contributed by atoms with Crippen LogP contribution in [0.3, 0.4) is 0 Å². The summed E-state index contributed by atoms with van der Waals surface area (Å²) in [5, 5.41) is 3.27. The van der Waals surface area contributed by atoms with Crippen LogP contribution in [0.2, 0.25) is 0 Å². The molecule has 0 aromatic rings. The maximum absolute atomic E-state index is 3.27. The Morgan fingerprint density at radius 1 is 1.50 bits per heavy atom. The molecule has 3 rings (SSSR count). The second kappa shape index (κ2) is 0.784. The third-order valence-corrected chi connectivity index (χ3v) is 1.74. The molecule has 2 aliphatic heterocycles. The van der Waals surface area contributed by atoms with Crippen molar-refractivity contribution in [2.45, 2.75) is 18.9 Å². The lowest BCUT2D eigenvalue weighted by atomic mass is 9.87. The molecule has 0 amide bonds. The Morgan fingerprint density at radius 3 is 2.50 bits per heavy atom. The van der Waals surface area contributed by atoms with Crippen molar-refractivity contribution in [2.75, 3.05) is 0 Å². The van der Waals surface area contributed by atoms with Crippen molar-refractivity contribution >= 4 is 0 Å². The van der Waals surface area contributed by atoms with Crippen molar-refractivity contribution in [3.63, 3.8) is 0 Å². The topological polar surface area (TPSA) is 12.0 Å². The molecule has 2 bridgehead atoms. The molecule has 2 saturated heterocycles. The fourth-order valence-electron chi connectivity index (χ4n) is 1.21. The Hall–Kier alpha value is -0.0400. The average Bonchev–Trinajstić information content (AvgIpc) is 1.72. The highest BCUT2D eigenvalue weighted by molar-refractivity contribution is 5.01. The minimum Gasteiger partial charge on any atom is -0.309 e. The molecule has 1 heteroatoms. The van der Waals surface area contributed by atoms with Gasteiger partial charge in [0.2, 0.25) is 0 Å². The second-order valence-electron chi connectivity index (χ2n) is 2.26. The summed E-state index contributed by atoms with van der Waals surface area (Å²) in [6, 6.07) is 0.884. The summed E-state index contributed by atoms with van der Waals surface area (Å²) in [7, 11) is 0. The Balaban J connectivity index is 2.16. The Labute approximate surface area is 37.7 Å². The SMILES string of the molecule is [CH]1NC2CC1C2. The second-order valence-corrected chi connectivity index (χ2v) is 2.26. The van der Waals surface area contributed by atoms with Crippen molar-refractivity contribution in [2.24, 2.45) is 5.92 Å². The number of hydrogen-bond acceptors (Lipinski definition) is 1. The highest BCUT2D eigenvalue weighted by Gasteiger charge is 2.35. The maximum Gasteiger partial charge on any atom is 0.0255 e. The van der Waals surface area contributed by atoms with Crippen LogP contribution in [-0.2, 0) is 0 Å². The van der Waals surface area contributed by atoms with Gasteiger partial charge in [0, 0.05) is 12.6 Å². The summed E-state index contributed by atoms with van der Waals surface area (Å²) in [5.74, 6) is 0.954. The van der Waals surface area contributed by atoms with Crippen LogP contribution in [0.4, 0.5) is 0 Å². The van der Waals surface area contributed by atoms with E-state index in [4.69, 9.17) is 0 Å². The van der Waals surface area contributed by atoms with E-state index in [1.165, 1.54) is 12.8 Å². The zero-order valence-corrected chi connectivity index (χ0v) is 3.65. The van der Waals surface area contributed by atoms with E-state index in [2.05, 4.69) is 11.9 Å². The van der Waals surface area contributed by atoms with E-state index in [9.17, 15) is 0 Å². The molecule has 3 aliphatic rings. The number of fused-ring (bicyclic) bond motifs is 1. The van der Waals surface area contributed by atoms with Gasteiger partial charge in [-0.05, 0) is 18.8 Å². The van der Waals surface area contributed by atoms with Gasteiger partial charge in [0.15, 0.2) is 0 Å². The van der Waals surface area contributed by atoms with Gasteiger partial charge in [-0.25, -0.2) is 0 Å². The van der Waals surface area contributed by atoms with E-state index in [1.54, 1.807) is 0 Å². The fourth-order valence-corrected chi connectivity index (χ4v) is 1.21. The average molecular weight is 82.1 g/mol. The number of nitrogens with one attached hydrogen (secondary N) is 1. The minimum atomic E-state index is 0.884. The number of hydrogen-bond donors (Lipinski definition) is 1. The van der Waals surface area contributed by atoms with Crippen LogP contribution >= 0.6 is 0 Å². The van der Waals surface area contributed by atoms with E-state index < -0.39 is 0 Å². The third kappa shape index (κ3) is 0.207. The van der Waals surface area contributed by atoms with Gasteiger partial charge in [0.05, 0.1) is 0 Å². The standard InChI is InChI=1S/C5H8N/c1-4-2-5(1)6-3-4/h3-6H,1-2H2. The Morgan fingerprint density at radius 2 is 2.33 bits per heavy atom. The lowest BCUT2D eigenvalue weighted by molar-refractivity contribution is 0.379. The van der Waals surface area contributed by atoms with Gasteiger partial charge >= 0.3 is 0 Å². The van der Waals surface area contributed by atoms with Crippen LogP contribution in [0.5, 0.6) is 0 Å². The monoisotopic (exact) mass is 82.1 g/mol. The van der Waals surface area contributed by atoms with Crippen LogP contribution in [0.15, 0.2) is 0 Å². The zero-order chi connectivity index (χ0) is 3.98. The zero-order valence-electron chi connectivity index (χ0n) is 3.65. The van der Waals surface area contributed by atoms with Crippen molar-refractivity contribution in [3.05, 3.63) is 6.54 Å². The molecular weight excluding hydrogens is 74.1 g/mol. The first-order valence-corrected chi connectivity index (χ1v) is 2.54. The predicted molar refractivity (Wildman–Crippen MR) is 23.9 cm³/mol. The lowest BCUT2D eigenvalue weighted by Crippen LogP contribution is -2.22. The fraction of sp³-hybridized carbons (Fsp3) is 0.800. The highest BCUT2D eigenvalue weighted by atomic mass is 15.0. The molecule has 1 N–H and O–H groups in total. The molecule has 0 atom stereocenters. The van der Waals surface area contributed by atoms with Gasteiger partial charge in [-0.15, -0.1) is 0 Å². The first kappa shape index (κ1) is 3.03. The van der Waals surface area contributed by atoms with Crippen molar-refractivity contribution in [3.8, 4) is 0 Å². The largest absolute Gasteiger partial charge is 0.309 e. The summed E-state index contributed by atoms with van der Waals surface area (Å²) >= 11 is 0. The molecule has 0 spiro atoms. The summed E-state index contributed by atoms with van der Waals surface area (Å²) < 4.78 is 0. The van der Waals surface area contributed by atoms with Gasteiger partial charge in [-0.1, -0.05) is 0 Å². The van der Waals surface area contributed by atoms with E-state index >= 15 is 0 Å². The smallest absolute Gasteiger partial charge is 0.0255 e. The molecule has 0 aromatic carbocycles. The lowest BCUT2D eigenvalue weighted by Gasteiger charge is -2.19. The quantitative estimate of drug-likeness (QED) is 0.449. The van der Waals surface area contributed by atoms with Crippen LogP contribution in [0.25, 0.3) is 0 Å². The van der Waals surface area contributed by atoms with Crippen molar-refractivity contribution < 1.29 is 0 Å². The van der Waals surface area contributed by atoms with Gasteiger partial charge in [0.25, 0.3) is 0 Å². The molecule has 2 heterocycles. The van der Waals surface area contributed by atoms with Crippen LogP contribution in [0, 0.1) is 12.5 Å². The van der Waals surface area contributed by atoms with Crippen LogP contribution in [-0.4, -0.2) is 6.04 Å². The van der Waals surface area contributed by atoms with Gasteiger partial charge in [-0.3, -0.25) is 0 Å². The molecule has 1 radical (unpaired) electrons. The molecule has 3 fully saturated rings. The van der Waals surface area contributed by atoms with E-state index in [-0.39, 0.29) is 0 Å². The Bertz CT molecular complexity index is 50.8. The first-order chi connectivity index (χ1) is 2.95. The number of rotatable bonds is 0. The molecule has 0 unspecified atom stereocenters. The Kier molecular flexibility index (Phi) is 0.396. The van der Waals surface area contributed by atoms with E-state index in [1.807, 2.05) is 0 Å². The molecule has 1 saturated carbocycles. The van der Waals surface area contributed by atoms with Crippen molar-refractivity contribution in [1.82, 2.24) is 5.32 Å². The van der Waals surface area contributed by atoms with Gasteiger partial charge < -0.3 is 5.32 Å². The normalized spacial score (nSPS) is 52.0. The van der Waals surface area contributed by atoms with Crippen molar-refractivity contribution in [1.29, 1.82) is 0 Å². The van der Waals surface area contributed by atoms with E-state index in [0.717, 1.165) is 12.0 Å². The summed E-state index contributed by atoms with van der Waals surface area (Å²) in [6.45, 7) is 2.23. The third-order valence-electron chi connectivity index (χ3n) is 1.74. The molecule has 1 aliphatic carbocycles. The first-order valence-electron chi connectivity index (χ1n) is 2.54.